The Morgan fingerprint density at radius 1 is 1.11 bits per heavy atom. The van der Waals surface area contributed by atoms with Gasteiger partial charge in [-0.3, -0.25) is 9.78 Å². The van der Waals surface area contributed by atoms with Crippen molar-refractivity contribution in [3.05, 3.63) is 92.7 Å². The van der Waals surface area contributed by atoms with Gasteiger partial charge in [0.15, 0.2) is 11.5 Å². The molecule has 46 heavy (non-hydrogen) atoms. The molecule has 0 spiro atoms. The molecule has 232 valence electrons. The zero-order chi connectivity index (χ0) is 33.4. The van der Waals surface area contributed by atoms with Crippen LogP contribution in [0.2, 0.25) is 5.02 Å². The summed E-state index contributed by atoms with van der Waals surface area (Å²) in [5, 5.41) is 0.982. The Morgan fingerprint density at radius 2 is 1.83 bits per heavy atom. The minimum atomic E-state index is -1.01. The topological polar surface area (TPSA) is 84.2 Å². The number of aromatic nitrogens is 4. The molecule has 1 aliphatic heterocycles. The Bertz CT molecular complexity index is 1910. The minimum absolute atomic E-state index is 0.0172. The first-order valence-corrected chi connectivity index (χ1v) is 15.5. The summed E-state index contributed by atoms with van der Waals surface area (Å²) >= 11 is 7.00. The van der Waals surface area contributed by atoms with Gasteiger partial charge in [0.1, 0.15) is 5.82 Å². The average Bonchev–Trinajstić information content (AvgIpc) is 3.00. The highest BCUT2D eigenvalue weighted by molar-refractivity contribution is 6.50. The maximum absolute atomic E-state index is 14.3. The first-order valence-electron chi connectivity index (χ1n) is 15.1. The van der Waals surface area contributed by atoms with Crippen molar-refractivity contribution in [2.45, 2.75) is 52.5 Å². The maximum Gasteiger partial charge on any atom is 0.355 e. The van der Waals surface area contributed by atoms with Crippen molar-refractivity contribution in [3.8, 4) is 16.9 Å². The number of pyridine rings is 2. The molecule has 1 aromatic carbocycles. The van der Waals surface area contributed by atoms with E-state index in [1.807, 2.05) is 56.0 Å². The zero-order valence-electron chi connectivity index (χ0n) is 26.6. The van der Waals surface area contributed by atoms with Crippen LogP contribution in [0.15, 0.2) is 65.2 Å². The van der Waals surface area contributed by atoms with Gasteiger partial charge in [-0.2, -0.15) is 10.4 Å². The summed E-state index contributed by atoms with van der Waals surface area (Å²) < 4.78 is 15.2. The molecule has 0 unspecified atom stereocenters. The highest BCUT2D eigenvalue weighted by Crippen LogP contribution is 2.37. The normalized spacial score (nSPS) is 15.1. The number of rotatable bonds is 7. The van der Waals surface area contributed by atoms with E-state index in [1.54, 1.807) is 18.3 Å². The second-order valence-corrected chi connectivity index (χ2v) is 12.5. The fourth-order valence-corrected chi connectivity index (χ4v) is 6.23. The minimum Gasteiger partial charge on any atom is -0.350 e. The molecule has 4 aromatic rings. The summed E-state index contributed by atoms with van der Waals surface area (Å²) in [6, 6.07) is 10.8. The highest BCUT2D eigenvalue weighted by atomic mass is 35.5. The molecule has 0 N–H and O–H groups in total. The highest BCUT2D eigenvalue weighted by Gasteiger charge is 2.32. The smallest absolute Gasteiger partial charge is 0.350 e. The molecule has 3 aromatic heterocycles. The van der Waals surface area contributed by atoms with Crippen molar-refractivity contribution in [1.82, 2.24) is 24.4 Å². The monoisotopic (exact) mass is 634 g/mol. The van der Waals surface area contributed by atoms with Gasteiger partial charge in [-0.25, -0.2) is 18.7 Å². The standard InChI is InChI=1S/C34H34B2ClFN6O2/c1-18(2)23-11-12-39-28(19(3)4)30(23)44-32-25(16-26(37)29(40-32)24-10-8-7-9-22(24)15-27(35)36)31(41-34(44)46)43-14-13-42(17-20(43)5)33(45)21(6)38/h7-12,15-16,18-20H,6,13-14,17H2,1-5H3/t20-/m0/s1. The molecule has 1 saturated heterocycles. The molecule has 4 radical (unpaired) electrons. The predicted octanol–water partition coefficient (Wildman–Crippen LogP) is 5.90. The number of halogens is 2. The summed E-state index contributed by atoms with van der Waals surface area (Å²) in [6.07, 6.45) is 3.39. The van der Waals surface area contributed by atoms with Crippen LogP contribution in [0.25, 0.3) is 34.1 Å². The number of fused-ring (bicyclic) bond motifs is 1. The van der Waals surface area contributed by atoms with Crippen LogP contribution in [0.4, 0.5) is 10.2 Å². The second-order valence-electron chi connectivity index (χ2n) is 12.1. The van der Waals surface area contributed by atoms with Gasteiger partial charge in [-0.15, -0.1) is 0 Å². The van der Waals surface area contributed by atoms with Crippen molar-refractivity contribution < 1.29 is 9.18 Å². The lowest BCUT2D eigenvalue weighted by molar-refractivity contribution is -0.129. The lowest BCUT2D eigenvalue weighted by Gasteiger charge is -2.40. The Labute approximate surface area is 275 Å². The van der Waals surface area contributed by atoms with Crippen molar-refractivity contribution in [3.63, 3.8) is 0 Å². The molecular weight excluding hydrogens is 600 g/mol. The zero-order valence-corrected chi connectivity index (χ0v) is 27.3. The van der Waals surface area contributed by atoms with Crippen LogP contribution >= 0.6 is 11.6 Å². The van der Waals surface area contributed by atoms with Crippen molar-refractivity contribution in [2.24, 2.45) is 0 Å². The fraction of sp³-hybridized carbons (Fsp3) is 0.324. The first kappa shape index (κ1) is 33.1. The van der Waals surface area contributed by atoms with Gasteiger partial charge < -0.3 is 9.80 Å². The van der Waals surface area contributed by atoms with E-state index in [0.717, 1.165) is 11.3 Å². The van der Waals surface area contributed by atoms with Gasteiger partial charge in [0, 0.05) is 37.4 Å². The Kier molecular flexibility index (Phi) is 9.54. The number of hydrogen-bond acceptors (Lipinski definition) is 6. The van der Waals surface area contributed by atoms with Crippen molar-refractivity contribution >= 4 is 56.1 Å². The number of piperazine rings is 1. The van der Waals surface area contributed by atoms with E-state index < -0.39 is 17.4 Å². The van der Waals surface area contributed by atoms with Gasteiger partial charge in [-0.1, -0.05) is 76.2 Å². The summed E-state index contributed by atoms with van der Waals surface area (Å²) in [6.45, 7) is 13.9. The molecule has 12 heteroatoms. The van der Waals surface area contributed by atoms with Crippen LogP contribution in [-0.2, 0) is 4.79 Å². The largest absolute Gasteiger partial charge is 0.355 e. The van der Waals surface area contributed by atoms with E-state index in [0.29, 0.717) is 50.9 Å². The number of carbonyl (C=O) groups excluding carboxylic acids is 1. The van der Waals surface area contributed by atoms with Crippen molar-refractivity contribution in [2.75, 3.05) is 24.5 Å². The van der Waals surface area contributed by atoms with Crippen LogP contribution in [0.3, 0.4) is 0 Å². The lowest BCUT2D eigenvalue weighted by atomic mass is 9.77. The SMILES string of the molecule is [B]C([B])=Cc1ccccc1-c1nc2c(cc1Cl)c(N1CCN(C(=O)C(=C)F)C[C@@H]1C)nc(=O)n2-c1c(C(C)C)ccnc1C(C)C. The van der Waals surface area contributed by atoms with Gasteiger partial charge >= 0.3 is 5.69 Å². The number of anilines is 1. The molecule has 8 nitrogen and oxygen atoms in total. The van der Waals surface area contributed by atoms with Crippen LogP contribution in [-0.4, -0.2) is 71.7 Å². The molecule has 1 atom stereocenters. The van der Waals surface area contributed by atoms with Crippen molar-refractivity contribution in [1.29, 1.82) is 0 Å². The van der Waals surface area contributed by atoms with Gasteiger partial charge in [0.2, 0.25) is 0 Å². The van der Waals surface area contributed by atoms with Gasteiger partial charge in [0.25, 0.3) is 5.91 Å². The molecule has 1 fully saturated rings. The van der Waals surface area contributed by atoms with Crippen LogP contribution in [0.5, 0.6) is 0 Å². The fourth-order valence-electron chi connectivity index (χ4n) is 5.98. The van der Waals surface area contributed by atoms with Crippen LogP contribution in [0.1, 0.15) is 63.3 Å². The summed E-state index contributed by atoms with van der Waals surface area (Å²) in [4.78, 5) is 44.4. The van der Waals surface area contributed by atoms with E-state index in [1.165, 1.54) is 9.47 Å². The number of benzene rings is 1. The predicted molar refractivity (Wildman–Crippen MR) is 185 cm³/mol. The molecular formula is C34H34B2ClFN6O2. The van der Waals surface area contributed by atoms with Crippen LogP contribution in [0, 0.1) is 0 Å². The molecule has 0 bridgehead atoms. The molecule has 5 rings (SSSR count). The summed E-state index contributed by atoms with van der Waals surface area (Å²) in [5.74, 6) is -1.36. The van der Waals surface area contributed by atoms with E-state index in [2.05, 4.69) is 25.4 Å². The van der Waals surface area contributed by atoms with Gasteiger partial charge in [-0.05, 0) is 42.0 Å². The average molecular weight is 635 g/mol. The first-order chi connectivity index (χ1) is 21.8. The molecule has 0 aliphatic carbocycles. The molecule has 1 amide bonds. The third-order valence-corrected chi connectivity index (χ3v) is 8.42. The maximum atomic E-state index is 14.3. The second kappa shape index (κ2) is 13.2. The molecule has 4 heterocycles. The summed E-state index contributed by atoms with van der Waals surface area (Å²) in [5.41, 5.74) is 3.89. The van der Waals surface area contributed by atoms with E-state index >= 15 is 0 Å². The number of carbonyl (C=O) groups is 1. The molecule has 1 aliphatic rings. The van der Waals surface area contributed by atoms with E-state index in [4.69, 9.17) is 37.3 Å². The third kappa shape index (κ3) is 6.25. The van der Waals surface area contributed by atoms with E-state index in [-0.39, 0.29) is 36.3 Å². The molecule has 0 saturated carbocycles. The third-order valence-electron chi connectivity index (χ3n) is 8.13. The number of amides is 1. The Morgan fingerprint density at radius 3 is 2.46 bits per heavy atom. The quantitative estimate of drug-likeness (QED) is 0.186. The Balaban J connectivity index is 1.84. The van der Waals surface area contributed by atoms with E-state index in [9.17, 15) is 14.0 Å². The van der Waals surface area contributed by atoms with Crippen LogP contribution < -0.4 is 10.6 Å². The lowest BCUT2D eigenvalue weighted by Crippen LogP contribution is -2.54. The van der Waals surface area contributed by atoms with Gasteiger partial charge in [0.05, 0.1) is 43.2 Å². The number of nitrogens with zero attached hydrogens (tertiary/aromatic N) is 6. The summed E-state index contributed by atoms with van der Waals surface area (Å²) in [7, 11) is 11.7. The Hall–Kier alpha value is -4.24. The number of hydrogen-bond donors (Lipinski definition) is 0.